The minimum atomic E-state index is -0.629. The summed E-state index contributed by atoms with van der Waals surface area (Å²) in [6, 6.07) is 16.8. The number of aryl methyl sites for hydroxylation is 2. The van der Waals surface area contributed by atoms with Gasteiger partial charge in [0.15, 0.2) is 0 Å². The van der Waals surface area contributed by atoms with E-state index in [0.29, 0.717) is 5.69 Å². The third-order valence-corrected chi connectivity index (χ3v) is 5.53. The number of H-pyrrole nitrogens is 1. The van der Waals surface area contributed by atoms with E-state index in [1.165, 1.54) is 24.9 Å². The summed E-state index contributed by atoms with van der Waals surface area (Å²) in [6.07, 6.45) is 3.77. The van der Waals surface area contributed by atoms with E-state index in [2.05, 4.69) is 17.2 Å². The zero-order valence-corrected chi connectivity index (χ0v) is 19.1. The molecular weight excluding hydrogens is 432 g/mol. The molecule has 0 unspecified atom stereocenters. The summed E-state index contributed by atoms with van der Waals surface area (Å²) in [7, 11) is 1.24. The molecule has 34 heavy (non-hydrogen) atoms. The fourth-order valence-corrected chi connectivity index (χ4v) is 3.60. The molecule has 8 nitrogen and oxygen atoms in total. The van der Waals surface area contributed by atoms with Gasteiger partial charge in [-0.2, -0.15) is 5.10 Å². The minimum absolute atomic E-state index is 0.0659. The number of benzene rings is 2. The number of nitrogens with zero attached hydrogens (tertiary/aromatic N) is 2. The van der Waals surface area contributed by atoms with E-state index in [1.54, 1.807) is 10.9 Å². The molecule has 0 bridgehead atoms. The van der Waals surface area contributed by atoms with Gasteiger partial charge >= 0.3 is 5.97 Å². The van der Waals surface area contributed by atoms with Crippen LogP contribution in [0, 0.1) is 6.92 Å². The van der Waals surface area contributed by atoms with Gasteiger partial charge in [0.25, 0.3) is 11.5 Å². The maximum absolute atomic E-state index is 13.3. The molecule has 1 amide bonds. The monoisotopic (exact) mass is 456 g/mol. The Bertz CT molecular complexity index is 1420. The van der Waals surface area contributed by atoms with Crippen molar-refractivity contribution in [2.75, 3.05) is 12.4 Å². The molecule has 0 aliphatic heterocycles. The van der Waals surface area contributed by atoms with Crippen LogP contribution in [0.2, 0.25) is 0 Å². The molecule has 172 valence electrons. The van der Waals surface area contributed by atoms with Gasteiger partial charge in [-0.05, 0) is 36.6 Å². The van der Waals surface area contributed by atoms with Gasteiger partial charge in [-0.25, -0.2) is 9.48 Å². The Kier molecular flexibility index (Phi) is 6.40. The van der Waals surface area contributed by atoms with E-state index in [9.17, 15) is 14.4 Å². The van der Waals surface area contributed by atoms with Crippen molar-refractivity contribution >= 4 is 17.6 Å². The van der Waals surface area contributed by atoms with Crippen molar-refractivity contribution < 1.29 is 14.3 Å². The molecule has 0 aliphatic rings. The highest BCUT2D eigenvalue weighted by molar-refractivity contribution is 6.08. The number of carbonyl (C=O) groups is 2. The summed E-state index contributed by atoms with van der Waals surface area (Å²) in [5.74, 6) is -1.15. The number of esters is 1. The van der Waals surface area contributed by atoms with Crippen molar-refractivity contribution in [1.82, 2.24) is 14.8 Å². The molecule has 2 heterocycles. The number of aromatic nitrogens is 3. The van der Waals surface area contributed by atoms with Gasteiger partial charge in [0.2, 0.25) is 0 Å². The number of pyridine rings is 1. The number of rotatable bonds is 6. The predicted molar refractivity (Wildman–Crippen MR) is 129 cm³/mol. The average Bonchev–Trinajstić information content (AvgIpc) is 3.30. The average molecular weight is 457 g/mol. The van der Waals surface area contributed by atoms with Crippen LogP contribution in [0.5, 0.6) is 0 Å². The molecule has 2 aromatic carbocycles. The molecule has 4 rings (SSSR count). The number of para-hydroxylation sites is 1. The fraction of sp³-hybridized carbons (Fsp3) is 0.154. The highest BCUT2D eigenvalue weighted by Crippen LogP contribution is 2.26. The van der Waals surface area contributed by atoms with Gasteiger partial charge in [-0.1, -0.05) is 49.4 Å². The molecule has 2 aromatic heterocycles. The largest absolute Gasteiger partial charge is 0.465 e. The topological polar surface area (TPSA) is 106 Å². The Labute approximate surface area is 196 Å². The van der Waals surface area contributed by atoms with Gasteiger partial charge in [0, 0.05) is 18.0 Å². The summed E-state index contributed by atoms with van der Waals surface area (Å²) in [5.41, 5.74) is 4.03. The van der Waals surface area contributed by atoms with Crippen LogP contribution in [0.15, 0.2) is 71.8 Å². The molecular formula is C26H24N4O4. The highest BCUT2D eigenvalue weighted by Gasteiger charge is 2.21. The van der Waals surface area contributed by atoms with Gasteiger partial charge in [0.1, 0.15) is 11.4 Å². The molecule has 0 saturated heterocycles. The van der Waals surface area contributed by atoms with Crippen LogP contribution in [0.4, 0.5) is 5.69 Å². The molecule has 0 radical (unpaired) electrons. The van der Waals surface area contributed by atoms with E-state index in [1.807, 2.05) is 55.5 Å². The van der Waals surface area contributed by atoms with Crippen LogP contribution >= 0.6 is 0 Å². The molecule has 0 fully saturated rings. The van der Waals surface area contributed by atoms with Crippen molar-refractivity contribution in [2.45, 2.75) is 20.3 Å². The lowest BCUT2D eigenvalue weighted by Gasteiger charge is -2.07. The number of nitrogens with one attached hydrogen (secondary N) is 2. The second-order valence-electron chi connectivity index (χ2n) is 7.75. The van der Waals surface area contributed by atoms with Gasteiger partial charge in [-0.15, -0.1) is 0 Å². The summed E-state index contributed by atoms with van der Waals surface area (Å²) in [5, 5.41) is 7.32. The second kappa shape index (κ2) is 9.58. The lowest BCUT2D eigenvalue weighted by Crippen LogP contribution is -2.21. The number of anilines is 1. The SMILES string of the molecule is CCc1ccc(-c2nn(-c3ccccc3C)cc2C(=O)Nc2cc(C(=O)OC)c[nH]c2=O)cc1. The summed E-state index contributed by atoms with van der Waals surface area (Å²) in [6.45, 7) is 4.03. The standard InChI is InChI=1S/C26H24N4O4/c1-4-17-9-11-18(12-10-17)23-20(15-30(29-23)22-8-6-5-7-16(22)2)24(31)28-21-13-19(26(33)34-3)14-27-25(21)32/h5-15H,4H2,1-3H3,(H,27,32)(H,28,31). The van der Waals surface area contributed by atoms with E-state index in [-0.39, 0.29) is 16.8 Å². The molecule has 2 N–H and O–H groups in total. The quantitative estimate of drug-likeness (QED) is 0.424. The summed E-state index contributed by atoms with van der Waals surface area (Å²) >= 11 is 0. The lowest BCUT2D eigenvalue weighted by molar-refractivity contribution is 0.0600. The number of amides is 1. The first-order valence-corrected chi connectivity index (χ1v) is 10.8. The molecule has 0 atom stereocenters. The van der Waals surface area contributed by atoms with Crippen molar-refractivity contribution in [1.29, 1.82) is 0 Å². The Morgan fingerprint density at radius 2 is 1.85 bits per heavy atom. The first-order chi connectivity index (χ1) is 16.4. The molecule has 0 saturated carbocycles. The number of ether oxygens (including phenoxy) is 1. The Hall–Kier alpha value is -4.46. The Morgan fingerprint density at radius 3 is 2.53 bits per heavy atom. The number of methoxy groups -OCH3 is 1. The van der Waals surface area contributed by atoms with Gasteiger partial charge in [0.05, 0.1) is 23.9 Å². The third kappa shape index (κ3) is 4.52. The zero-order chi connectivity index (χ0) is 24.2. The molecule has 0 spiro atoms. The van der Waals surface area contributed by atoms with Crippen LogP contribution in [0.3, 0.4) is 0 Å². The Balaban J connectivity index is 1.78. The van der Waals surface area contributed by atoms with Crippen LogP contribution in [0.25, 0.3) is 16.9 Å². The third-order valence-electron chi connectivity index (χ3n) is 5.53. The van der Waals surface area contributed by atoms with Gasteiger partial charge in [-0.3, -0.25) is 9.59 Å². The highest BCUT2D eigenvalue weighted by atomic mass is 16.5. The number of carbonyl (C=O) groups excluding carboxylic acids is 2. The maximum atomic E-state index is 13.3. The first-order valence-electron chi connectivity index (χ1n) is 10.8. The minimum Gasteiger partial charge on any atom is -0.465 e. The van der Waals surface area contributed by atoms with Crippen LogP contribution in [-0.4, -0.2) is 33.8 Å². The van der Waals surface area contributed by atoms with Crippen molar-refractivity contribution in [3.63, 3.8) is 0 Å². The smallest absolute Gasteiger partial charge is 0.339 e. The Morgan fingerprint density at radius 1 is 1.12 bits per heavy atom. The van der Waals surface area contributed by atoms with Gasteiger partial charge < -0.3 is 15.0 Å². The van der Waals surface area contributed by atoms with E-state index < -0.39 is 17.4 Å². The fourth-order valence-electron chi connectivity index (χ4n) is 3.60. The van der Waals surface area contributed by atoms with Crippen LogP contribution < -0.4 is 10.9 Å². The molecule has 4 aromatic rings. The number of hydrogen-bond acceptors (Lipinski definition) is 5. The van der Waals surface area contributed by atoms with Crippen LogP contribution in [0.1, 0.15) is 38.8 Å². The molecule has 0 aliphatic carbocycles. The normalized spacial score (nSPS) is 10.7. The lowest BCUT2D eigenvalue weighted by atomic mass is 10.0. The molecule has 8 heteroatoms. The van der Waals surface area contributed by atoms with Crippen molar-refractivity contribution in [3.8, 4) is 16.9 Å². The number of aromatic amines is 1. The zero-order valence-electron chi connectivity index (χ0n) is 19.1. The van der Waals surface area contributed by atoms with E-state index >= 15 is 0 Å². The maximum Gasteiger partial charge on any atom is 0.339 e. The second-order valence-corrected chi connectivity index (χ2v) is 7.75. The summed E-state index contributed by atoms with van der Waals surface area (Å²) in [4.78, 5) is 39.9. The number of hydrogen-bond donors (Lipinski definition) is 2. The van der Waals surface area contributed by atoms with Crippen LogP contribution in [-0.2, 0) is 11.2 Å². The van der Waals surface area contributed by atoms with E-state index in [0.717, 1.165) is 23.2 Å². The first kappa shape index (κ1) is 22.7. The van der Waals surface area contributed by atoms with E-state index in [4.69, 9.17) is 9.84 Å². The van der Waals surface area contributed by atoms with Crippen molar-refractivity contribution in [2.24, 2.45) is 0 Å². The summed E-state index contributed by atoms with van der Waals surface area (Å²) < 4.78 is 6.35. The van der Waals surface area contributed by atoms with Crippen molar-refractivity contribution in [3.05, 3.63) is 99.6 Å². The predicted octanol–water partition coefficient (Wildman–Crippen LogP) is 4.14.